The minimum absolute atomic E-state index is 0.105. The summed E-state index contributed by atoms with van der Waals surface area (Å²) in [6.45, 7) is 0. The predicted octanol–water partition coefficient (Wildman–Crippen LogP) is 2.75. The minimum Gasteiger partial charge on any atom is -0.481 e. The van der Waals surface area contributed by atoms with E-state index in [9.17, 15) is 4.79 Å². The molecule has 3 aromatic rings. The highest BCUT2D eigenvalue weighted by Crippen LogP contribution is 2.29. The summed E-state index contributed by atoms with van der Waals surface area (Å²) >= 11 is 0. The van der Waals surface area contributed by atoms with Crippen LogP contribution in [0.3, 0.4) is 0 Å². The minimum atomic E-state index is -0.160. The molecule has 0 saturated carbocycles. The fraction of sp³-hybridized carbons (Fsp3) is 0.250. The number of aryl methyl sites for hydroxylation is 1. The maximum absolute atomic E-state index is 12.6. The van der Waals surface area contributed by atoms with Crippen LogP contribution in [-0.4, -0.2) is 33.0 Å². The maximum Gasteiger partial charge on any atom is 0.252 e. The standard InChI is InChI=1S/C20H19N5O2/c1-27-18-11-14(7-10-22-18)20(26)25-17-4-2-3-16-15(17)12-23-19(24-16)13-5-8-21-9-6-13/h5-12,17H,2-4H2,1H3,(H,25,26)/t17-/m0/s1. The predicted molar refractivity (Wildman–Crippen MR) is 99.2 cm³/mol. The molecule has 7 nitrogen and oxygen atoms in total. The largest absolute Gasteiger partial charge is 0.481 e. The zero-order valence-electron chi connectivity index (χ0n) is 14.9. The van der Waals surface area contributed by atoms with E-state index in [1.807, 2.05) is 18.3 Å². The van der Waals surface area contributed by atoms with Crippen molar-refractivity contribution in [3.05, 3.63) is 65.9 Å². The van der Waals surface area contributed by atoms with E-state index in [0.717, 1.165) is 36.1 Å². The number of carbonyl (C=O) groups is 1. The highest BCUT2D eigenvalue weighted by Gasteiger charge is 2.24. The third-order valence-electron chi connectivity index (χ3n) is 4.63. The monoisotopic (exact) mass is 361 g/mol. The Labute approximate surface area is 156 Å². The summed E-state index contributed by atoms with van der Waals surface area (Å²) < 4.78 is 5.09. The summed E-state index contributed by atoms with van der Waals surface area (Å²) in [5, 5.41) is 3.09. The number of ether oxygens (including phenoxy) is 1. The third kappa shape index (κ3) is 3.62. The van der Waals surface area contributed by atoms with Crippen molar-refractivity contribution in [2.75, 3.05) is 7.11 Å². The number of methoxy groups -OCH3 is 1. The fourth-order valence-corrected chi connectivity index (χ4v) is 3.24. The van der Waals surface area contributed by atoms with Gasteiger partial charge in [0.1, 0.15) is 0 Å². The molecule has 136 valence electrons. The Kier molecular flexibility index (Phi) is 4.74. The summed E-state index contributed by atoms with van der Waals surface area (Å²) in [6, 6.07) is 6.97. The molecular weight excluding hydrogens is 342 g/mol. The van der Waals surface area contributed by atoms with Crippen LogP contribution in [0.4, 0.5) is 0 Å². The van der Waals surface area contributed by atoms with Gasteiger partial charge in [0.2, 0.25) is 5.88 Å². The molecule has 1 N–H and O–H groups in total. The maximum atomic E-state index is 12.6. The quantitative estimate of drug-likeness (QED) is 0.768. The van der Waals surface area contributed by atoms with Gasteiger partial charge in [-0.3, -0.25) is 9.78 Å². The van der Waals surface area contributed by atoms with Crippen molar-refractivity contribution in [2.45, 2.75) is 25.3 Å². The van der Waals surface area contributed by atoms with E-state index in [-0.39, 0.29) is 11.9 Å². The second kappa shape index (κ2) is 7.49. The number of nitrogens with one attached hydrogen (secondary N) is 1. The Hall–Kier alpha value is -3.35. The van der Waals surface area contributed by atoms with Crippen molar-refractivity contribution in [1.29, 1.82) is 0 Å². The van der Waals surface area contributed by atoms with E-state index >= 15 is 0 Å². The molecule has 7 heteroatoms. The van der Waals surface area contributed by atoms with Crippen molar-refractivity contribution >= 4 is 5.91 Å². The molecular formula is C20H19N5O2. The lowest BCUT2D eigenvalue weighted by Gasteiger charge is -2.25. The van der Waals surface area contributed by atoms with E-state index < -0.39 is 0 Å². The SMILES string of the molecule is COc1cc(C(=O)N[C@H]2CCCc3nc(-c4ccncc4)ncc32)ccn1. The smallest absolute Gasteiger partial charge is 0.252 e. The van der Waals surface area contributed by atoms with Crippen LogP contribution in [0.25, 0.3) is 11.4 Å². The summed E-state index contributed by atoms with van der Waals surface area (Å²) in [7, 11) is 1.53. The van der Waals surface area contributed by atoms with Gasteiger partial charge in [-0.15, -0.1) is 0 Å². The number of rotatable bonds is 4. The summed E-state index contributed by atoms with van der Waals surface area (Å²) in [5.41, 5.74) is 3.42. The average Bonchev–Trinajstić information content (AvgIpc) is 2.74. The molecule has 3 heterocycles. The normalized spacial score (nSPS) is 15.7. The van der Waals surface area contributed by atoms with Crippen LogP contribution in [-0.2, 0) is 6.42 Å². The fourth-order valence-electron chi connectivity index (χ4n) is 3.24. The molecule has 0 spiro atoms. The van der Waals surface area contributed by atoms with Crippen molar-refractivity contribution in [2.24, 2.45) is 0 Å². The molecule has 0 unspecified atom stereocenters. The van der Waals surface area contributed by atoms with Crippen LogP contribution in [0.2, 0.25) is 0 Å². The first-order valence-electron chi connectivity index (χ1n) is 8.81. The van der Waals surface area contributed by atoms with Gasteiger partial charge in [0.05, 0.1) is 13.2 Å². The topological polar surface area (TPSA) is 89.9 Å². The van der Waals surface area contributed by atoms with Gasteiger partial charge in [0.15, 0.2) is 5.82 Å². The average molecular weight is 361 g/mol. The molecule has 3 aromatic heterocycles. The number of nitrogens with zero attached hydrogens (tertiary/aromatic N) is 4. The number of fused-ring (bicyclic) bond motifs is 1. The Morgan fingerprint density at radius 1 is 1.19 bits per heavy atom. The van der Waals surface area contributed by atoms with E-state index in [1.54, 1.807) is 30.7 Å². The van der Waals surface area contributed by atoms with Crippen LogP contribution in [0.1, 0.15) is 40.5 Å². The van der Waals surface area contributed by atoms with Crippen molar-refractivity contribution in [3.8, 4) is 17.3 Å². The molecule has 0 aliphatic heterocycles. The van der Waals surface area contributed by atoms with Crippen molar-refractivity contribution in [3.63, 3.8) is 0 Å². The molecule has 4 rings (SSSR count). The zero-order chi connectivity index (χ0) is 18.6. The zero-order valence-corrected chi connectivity index (χ0v) is 14.9. The van der Waals surface area contributed by atoms with Gasteiger partial charge in [-0.1, -0.05) is 0 Å². The highest BCUT2D eigenvalue weighted by molar-refractivity contribution is 5.94. The second-order valence-electron chi connectivity index (χ2n) is 6.34. The Morgan fingerprint density at radius 3 is 2.85 bits per heavy atom. The van der Waals surface area contributed by atoms with Crippen molar-refractivity contribution in [1.82, 2.24) is 25.3 Å². The van der Waals surface area contributed by atoms with Gasteiger partial charge in [0, 0.05) is 53.2 Å². The van der Waals surface area contributed by atoms with Gasteiger partial charge in [-0.2, -0.15) is 0 Å². The number of hydrogen-bond acceptors (Lipinski definition) is 6. The molecule has 1 aliphatic carbocycles. The van der Waals surface area contributed by atoms with Crippen LogP contribution >= 0.6 is 0 Å². The molecule has 0 radical (unpaired) electrons. The molecule has 1 aliphatic rings. The van der Waals surface area contributed by atoms with E-state index in [1.165, 1.54) is 7.11 Å². The lowest BCUT2D eigenvalue weighted by molar-refractivity contribution is 0.0932. The Balaban J connectivity index is 1.57. The van der Waals surface area contributed by atoms with Gasteiger partial charge in [-0.05, 0) is 37.5 Å². The van der Waals surface area contributed by atoms with E-state index in [2.05, 4.69) is 20.3 Å². The molecule has 0 bridgehead atoms. The Bertz CT molecular complexity index is 962. The third-order valence-corrected chi connectivity index (χ3v) is 4.63. The molecule has 1 atom stereocenters. The second-order valence-corrected chi connectivity index (χ2v) is 6.34. The van der Waals surface area contributed by atoms with Crippen LogP contribution in [0.15, 0.2) is 49.1 Å². The van der Waals surface area contributed by atoms with E-state index in [0.29, 0.717) is 17.3 Å². The van der Waals surface area contributed by atoms with Crippen LogP contribution in [0, 0.1) is 0 Å². The van der Waals surface area contributed by atoms with Gasteiger partial charge < -0.3 is 10.1 Å². The molecule has 27 heavy (non-hydrogen) atoms. The lowest BCUT2D eigenvalue weighted by Crippen LogP contribution is -2.31. The van der Waals surface area contributed by atoms with Gasteiger partial charge in [0.25, 0.3) is 5.91 Å². The summed E-state index contributed by atoms with van der Waals surface area (Å²) in [5.74, 6) is 0.936. The number of carbonyl (C=O) groups excluding carboxylic acids is 1. The Morgan fingerprint density at radius 2 is 2.04 bits per heavy atom. The first-order chi connectivity index (χ1) is 13.2. The van der Waals surface area contributed by atoms with Gasteiger partial charge in [-0.25, -0.2) is 15.0 Å². The van der Waals surface area contributed by atoms with E-state index in [4.69, 9.17) is 9.72 Å². The first kappa shape index (κ1) is 17.1. The first-order valence-corrected chi connectivity index (χ1v) is 8.81. The molecule has 1 amide bonds. The lowest BCUT2D eigenvalue weighted by atomic mass is 9.92. The van der Waals surface area contributed by atoms with Crippen LogP contribution in [0.5, 0.6) is 5.88 Å². The number of hydrogen-bond donors (Lipinski definition) is 1. The molecule has 0 saturated heterocycles. The number of aromatic nitrogens is 4. The molecule has 0 fully saturated rings. The van der Waals surface area contributed by atoms with Gasteiger partial charge >= 0.3 is 0 Å². The van der Waals surface area contributed by atoms with Crippen molar-refractivity contribution < 1.29 is 9.53 Å². The highest BCUT2D eigenvalue weighted by atomic mass is 16.5. The number of amides is 1. The molecule has 0 aromatic carbocycles. The number of pyridine rings is 2. The van der Waals surface area contributed by atoms with Crippen LogP contribution < -0.4 is 10.1 Å². The summed E-state index contributed by atoms with van der Waals surface area (Å²) in [4.78, 5) is 29.9. The summed E-state index contributed by atoms with van der Waals surface area (Å²) in [6.07, 6.45) is 9.55.